The molecule has 2 heterocycles. The molecule has 0 saturated heterocycles. The molecule has 158 valence electrons. The van der Waals surface area contributed by atoms with Gasteiger partial charge in [0.2, 0.25) is 5.89 Å². The molecule has 8 nitrogen and oxygen atoms in total. The Morgan fingerprint density at radius 2 is 1.81 bits per heavy atom. The zero-order chi connectivity index (χ0) is 22.0. The fraction of sp³-hybridized carbons (Fsp3) is 0.261. The summed E-state index contributed by atoms with van der Waals surface area (Å²) in [6, 6.07) is 14.5. The minimum Gasteiger partial charge on any atom is -0.448 e. The summed E-state index contributed by atoms with van der Waals surface area (Å²) < 4.78 is 12.6. The smallest absolute Gasteiger partial charge is 0.360 e. The van der Waals surface area contributed by atoms with Crippen molar-refractivity contribution in [1.82, 2.24) is 20.0 Å². The van der Waals surface area contributed by atoms with Gasteiger partial charge in [0.05, 0.1) is 5.39 Å². The monoisotopic (exact) mass is 418 g/mol. The number of carbonyl (C=O) groups is 1. The van der Waals surface area contributed by atoms with Gasteiger partial charge < -0.3 is 9.15 Å². The maximum atomic E-state index is 12.9. The van der Waals surface area contributed by atoms with Gasteiger partial charge in [-0.25, -0.2) is 9.48 Å². The lowest BCUT2D eigenvalue weighted by atomic mass is 10.1. The van der Waals surface area contributed by atoms with E-state index in [1.807, 2.05) is 38.1 Å². The van der Waals surface area contributed by atoms with E-state index in [-0.39, 0.29) is 17.1 Å². The number of hydrogen-bond donors (Lipinski definition) is 0. The Morgan fingerprint density at radius 1 is 1.10 bits per heavy atom. The quantitative estimate of drug-likeness (QED) is 0.435. The first-order valence-electron chi connectivity index (χ1n) is 10.1. The second-order valence-corrected chi connectivity index (χ2v) is 7.28. The van der Waals surface area contributed by atoms with Crippen LogP contribution >= 0.6 is 0 Å². The minimum absolute atomic E-state index is 0.0776. The van der Waals surface area contributed by atoms with E-state index in [1.165, 1.54) is 4.68 Å². The van der Waals surface area contributed by atoms with Crippen LogP contribution in [0.5, 0.6) is 0 Å². The van der Waals surface area contributed by atoms with E-state index in [0.29, 0.717) is 29.6 Å². The zero-order valence-corrected chi connectivity index (χ0v) is 17.5. The van der Waals surface area contributed by atoms with Crippen molar-refractivity contribution >= 4 is 16.7 Å². The first kappa shape index (κ1) is 20.5. The lowest BCUT2D eigenvalue weighted by molar-refractivity contribution is 0.0272. The second-order valence-electron chi connectivity index (χ2n) is 7.28. The predicted octanol–water partition coefficient (Wildman–Crippen LogP) is 4.08. The maximum Gasteiger partial charge on any atom is 0.360 e. The molecule has 31 heavy (non-hydrogen) atoms. The number of rotatable bonds is 6. The number of ether oxygens (including phenoxy) is 1. The normalized spacial score (nSPS) is 12.1. The molecule has 8 heteroatoms. The van der Waals surface area contributed by atoms with Crippen molar-refractivity contribution in [1.29, 1.82) is 0 Å². The van der Waals surface area contributed by atoms with Gasteiger partial charge in [-0.3, -0.25) is 4.79 Å². The molecule has 4 aromatic rings. The molecular formula is C23H22N4O4. The summed E-state index contributed by atoms with van der Waals surface area (Å²) >= 11 is 0. The van der Waals surface area contributed by atoms with Crippen LogP contribution in [0.4, 0.5) is 0 Å². The third-order valence-corrected chi connectivity index (χ3v) is 4.87. The first-order chi connectivity index (χ1) is 15.0. The van der Waals surface area contributed by atoms with Gasteiger partial charge >= 0.3 is 5.97 Å². The minimum atomic E-state index is -0.786. The molecule has 0 fully saturated rings. The van der Waals surface area contributed by atoms with E-state index < -0.39 is 12.1 Å². The SMILES string of the molecule is CCCn1nc(C(=O)OC(C)c2nnc(-c3ccc(C)cc3)o2)c2ccccc2c1=O. The summed E-state index contributed by atoms with van der Waals surface area (Å²) in [5, 5.41) is 13.2. The highest BCUT2D eigenvalue weighted by molar-refractivity contribution is 6.02. The van der Waals surface area contributed by atoms with E-state index in [4.69, 9.17) is 9.15 Å². The maximum absolute atomic E-state index is 12.9. The van der Waals surface area contributed by atoms with Gasteiger partial charge in [-0.05, 0) is 38.5 Å². The number of nitrogens with zero attached hydrogens (tertiary/aromatic N) is 4. The molecule has 0 bridgehead atoms. The molecule has 1 atom stereocenters. The third-order valence-electron chi connectivity index (χ3n) is 4.87. The van der Waals surface area contributed by atoms with Crippen LogP contribution in [0.15, 0.2) is 57.7 Å². The van der Waals surface area contributed by atoms with Crippen molar-refractivity contribution < 1.29 is 13.9 Å². The van der Waals surface area contributed by atoms with Crippen molar-refractivity contribution in [3.63, 3.8) is 0 Å². The van der Waals surface area contributed by atoms with Gasteiger partial charge in [0, 0.05) is 17.5 Å². The number of aromatic nitrogens is 4. The molecule has 0 radical (unpaired) electrons. The van der Waals surface area contributed by atoms with E-state index in [0.717, 1.165) is 11.1 Å². The molecule has 0 aliphatic carbocycles. The molecule has 0 aliphatic heterocycles. The summed E-state index contributed by atoms with van der Waals surface area (Å²) in [6.07, 6.45) is -0.0776. The third kappa shape index (κ3) is 4.09. The Kier molecular flexibility index (Phi) is 5.62. The largest absolute Gasteiger partial charge is 0.448 e. The summed E-state index contributed by atoms with van der Waals surface area (Å²) in [4.78, 5) is 25.5. The number of hydrogen-bond acceptors (Lipinski definition) is 7. The molecule has 0 aliphatic rings. The summed E-state index contributed by atoms with van der Waals surface area (Å²) in [5.41, 5.74) is 1.74. The van der Waals surface area contributed by atoms with Crippen LogP contribution in [-0.4, -0.2) is 25.9 Å². The van der Waals surface area contributed by atoms with Crippen molar-refractivity contribution in [3.8, 4) is 11.5 Å². The molecule has 2 aromatic carbocycles. The zero-order valence-electron chi connectivity index (χ0n) is 17.5. The Morgan fingerprint density at radius 3 is 2.52 bits per heavy atom. The highest BCUT2D eigenvalue weighted by atomic mass is 16.6. The number of benzene rings is 2. The molecular weight excluding hydrogens is 396 g/mol. The van der Waals surface area contributed by atoms with E-state index in [1.54, 1.807) is 31.2 Å². The molecule has 1 unspecified atom stereocenters. The standard InChI is InChI=1S/C23H22N4O4/c1-4-13-27-22(28)18-8-6-5-7-17(18)19(26-27)23(29)30-15(3)20-24-25-21(31-20)16-11-9-14(2)10-12-16/h5-12,15H,4,13H2,1-3H3. The molecule has 0 N–H and O–H groups in total. The van der Waals surface area contributed by atoms with Gasteiger partial charge in [-0.15, -0.1) is 10.2 Å². The van der Waals surface area contributed by atoms with Gasteiger partial charge in [0.25, 0.3) is 11.4 Å². The first-order valence-corrected chi connectivity index (χ1v) is 10.1. The average Bonchev–Trinajstić information content (AvgIpc) is 3.27. The molecule has 0 spiro atoms. The molecule has 4 rings (SSSR count). The van der Waals surface area contributed by atoms with Crippen LogP contribution < -0.4 is 5.56 Å². The molecule has 2 aromatic heterocycles. The fourth-order valence-electron chi connectivity index (χ4n) is 3.23. The van der Waals surface area contributed by atoms with Crippen molar-refractivity contribution in [3.05, 3.63) is 76.0 Å². The highest BCUT2D eigenvalue weighted by Crippen LogP contribution is 2.24. The lowest BCUT2D eigenvalue weighted by Crippen LogP contribution is -2.26. The van der Waals surface area contributed by atoms with Gasteiger partial charge in [-0.2, -0.15) is 5.10 Å². The van der Waals surface area contributed by atoms with Gasteiger partial charge in [-0.1, -0.05) is 42.8 Å². The highest BCUT2D eigenvalue weighted by Gasteiger charge is 2.23. The Bertz CT molecular complexity index is 1290. The van der Waals surface area contributed by atoms with Crippen LogP contribution in [0, 0.1) is 6.92 Å². The van der Waals surface area contributed by atoms with Crippen molar-refractivity contribution in [2.75, 3.05) is 0 Å². The van der Waals surface area contributed by atoms with Crippen LogP contribution in [-0.2, 0) is 11.3 Å². The topological polar surface area (TPSA) is 100 Å². The molecule has 0 amide bonds. The summed E-state index contributed by atoms with van der Waals surface area (Å²) in [5.74, 6) is -0.142. The number of esters is 1. The molecule has 0 saturated carbocycles. The van der Waals surface area contributed by atoms with Gasteiger partial charge in [0.1, 0.15) is 0 Å². The van der Waals surface area contributed by atoms with E-state index in [2.05, 4.69) is 15.3 Å². The average molecular weight is 418 g/mol. The number of aryl methyl sites for hydroxylation is 2. The summed E-state index contributed by atoms with van der Waals surface area (Å²) in [6.45, 7) is 5.98. The van der Waals surface area contributed by atoms with Gasteiger partial charge in [0.15, 0.2) is 11.8 Å². The fourth-order valence-corrected chi connectivity index (χ4v) is 3.23. The van der Waals surface area contributed by atoms with Crippen molar-refractivity contribution in [2.45, 2.75) is 39.8 Å². The van der Waals surface area contributed by atoms with Crippen LogP contribution in [0.3, 0.4) is 0 Å². The predicted molar refractivity (Wildman–Crippen MR) is 115 cm³/mol. The summed E-state index contributed by atoms with van der Waals surface area (Å²) in [7, 11) is 0. The Labute approximate surface area is 178 Å². The van der Waals surface area contributed by atoms with E-state index >= 15 is 0 Å². The Hall–Kier alpha value is -3.81. The van der Waals surface area contributed by atoms with Crippen LogP contribution in [0.2, 0.25) is 0 Å². The lowest BCUT2D eigenvalue weighted by Gasteiger charge is -2.12. The number of fused-ring (bicyclic) bond motifs is 1. The number of carbonyl (C=O) groups excluding carboxylic acids is 1. The van der Waals surface area contributed by atoms with Crippen molar-refractivity contribution in [2.24, 2.45) is 0 Å². The van der Waals surface area contributed by atoms with E-state index in [9.17, 15) is 9.59 Å². The Balaban J connectivity index is 1.61. The van der Waals surface area contributed by atoms with Crippen LogP contribution in [0.1, 0.15) is 48.3 Å². The van der Waals surface area contributed by atoms with Crippen LogP contribution in [0.25, 0.3) is 22.2 Å². The second kappa shape index (κ2) is 8.51.